The number of pyridine rings is 1. The largest absolute Gasteiger partial charge is 0.491 e. The average Bonchev–Trinajstić information content (AvgIpc) is 3.42. The van der Waals surface area contributed by atoms with E-state index in [1.165, 1.54) is 0 Å². The van der Waals surface area contributed by atoms with Crippen LogP contribution in [-0.2, 0) is 4.74 Å². The molecule has 1 atom stereocenters. The summed E-state index contributed by atoms with van der Waals surface area (Å²) in [6.07, 6.45) is 9.00. The Bertz CT molecular complexity index is 871. The summed E-state index contributed by atoms with van der Waals surface area (Å²) in [6, 6.07) is 10.8. The predicted octanol–water partition coefficient (Wildman–Crippen LogP) is 3.08. The van der Waals surface area contributed by atoms with Crippen LogP contribution in [-0.4, -0.2) is 39.8 Å². The van der Waals surface area contributed by atoms with Crippen molar-refractivity contribution >= 4 is 11.6 Å². The topological polar surface area (TPSA) is 78.3 Å². The zero-order chi connectivity index (χ0) is 18.5. The lowest BCUT2D eigenvalue weighted by Gasteiger charge is -2.12. The van der Waals surface area contributed by atoms with E-state index in [1.807, 2.05) is 24.3 Å². The van der Waals surface area contributed by atoms with E-state index in [0.29, 0.717) is 23.7 Å². The van der Waals surface area contributed by atoms with E-state index in [0.717, 1.165) is 25.2 Å². The summed E-state index contributed by atoms with van der Waals surface area (Å²) in [7, 11) is 0. The van der Waals surface area contributed by atoms with Crippen molar-refractivity contribution in [2.45, 2.75) is 18.9 Å². The van der Waals surface area contributed by atoms with Gasteiger partial charge in [0.05, 0.1) is 11.7 Å². The Morgan fingerprint density at radius 3 is 2.81 bits per heavy atom. The van der Waals surface area contributed by atoms with E-state index in [9.17, 15) is 4.79 Å². The van der Waals surface area contributed by atoms with Gasteiger partial charge in [-0.3, -0.25) is 9.36 Å². The second kappa shape index (κ2) is 8.01. The van der Waals surface area contributed by atoms with Crippen molar-refractivity contribution in [3.8, 4) is 11.6 Å². The number of hydrogen-bond acceptors (Lipinski definition) is 5. The number of hydrogen-bond donors (Lipinski definition) is 1. The molecule has 1 aliphatic heterocycles. The predicted molar refractivity (Wildman–Crippen MR) is 100 cm³/mol. The molecule has 0 radical (unpaired) electrons. The third kappa shape index (κ3) is 4.32. The SMILES string of the molecule is O=C(Nc1ccc(OCC2CCCO2)cc1)c1ccc(-n2ccnc2)nc1. The maximum Gasteiger partial charge on any atom is 0.257 e. The van der Waals surface area contributed by atoms with Crippen LogP contribution in [0.1, 0.15) is 23.2 Å². The lowest BCUT2D eigenvalue weighted by molar-refractivity contribution is 0.0679. The van der Waals surface area contributed by atoms with Gasteiger partial charge in [0.1, 0.15) is 24.5 Å². The highest BCUT2D eigenvalue weighted by Gasteiger charge is 2.16. The molecule has 1 amide bonds. The fraction of sp³-hybridized carbons (Fsp3) is 0.250. The molecule has 0 bridgehead atoms. The number of ether oxygens (including phenoxy) is 2. The van der Waals surface area contributed by atoms with Gasteiger partial charge >= 0.3 is 0 Å². The Hall–Kier alpha value is -3.19. The van der Waals surface area contributed by atoms with Gasteiger partial charge in [0, 0.05) is 30.9 Å². The zero-order valence-electron chi connectivity index (χ0n) is 14.7. The van der Waals surface area contributed by atoms with E-state index in [1.54, 1.807) is 41.6 Å². The summed E-state index contributed by atoms with van der Waals surface area (Å²) < 4.78 is 13.0. The van der Waals surface area contributed by atoms with Crippen molar-refractivity contribution in [1.82, 2.24) is 14.5 Å². The molecular formula is C20H20N4O3. The molecule has 3 heterocycles. The van der Waals surface area contributed by atoms with Crippen LogP contribution >= 0.6 is 0 Å². The Morgan fingerprint density at radius 1 is 1.26 bits per heavy atom. The molecule has 0 aliphatic carbocycles. The number of nitrogens with one attached hydrogen (secondary N) is 1. The minimum absolute atomic E-state index is 0.183. The van der Waals surface area contributed by atoms with Gasteiger partial charge in [-0.2, -0.15) is 0 Å². The number of carbonyl (C=O) groups excluding carboxylic acids is 1. The molecule has 1 aliphatic rings. The Balaban J connectivity index is 1.33. The highest BCUT2D eigenvalue weighted by Crippen LogP contribution is 2.19. The van der Waals surface area contributed by atoms with Crippen LogP contribution in [0.2, 0.25) is 0 Å². The third-order valence-corrected chi connectivity index (χ3v) is 4.35. The number of imidazole rings is 1. The summed E-state index contributed by atoms with van der Waals surface area (Å²) in [6.45, 7) is 1.37. The van der Waals surface area contributed by atoms with Crippen LogP contribution in [0.15, 0.2) is 61.3 Å². The summed E-state index contributed by atoms with van der Waals surface area (Å²) in [4.78, 5) is 20.6. The van der Waals surface area contributed by atoms with Crippen molar-refractivity contribution in [3.05, 3.63) is 66.9 Å². The number of benzene rings is 1. The lowest BCUT2D eigenvalue weighted by atomic mass is 10.2. The van der Waals surface area contributed by atoms with Crippen LogP contribution in [0.4, 0.5) is 5.69 Å². The molecule has 1 fully saturated rings. The van der Waals surface area contributed by atoms with Gasteiger partial charge in [-0.05, 0) is 49.2 Å². The number of nitrogens with zero attached hydrogens (tertiary/aromatic N) is 3. The van der Waals surface area contributed by atoms with Crippen molar-refractivity contribution in [2.75, 3.05) is 18.5 Å². The van der Waals surface area contributed by atoms with Crippen LogP contribution < -0.4 is 10.1 Å². The van der Waals surface area contributed by atoms with Gasteiger partial charge in [0.15, 0.2) is 0 Å². The number of amides is 1. The molecule has 0 saturated carbocycles. The van der Waals surface area contributed by atoms with E-state index in [-0.39, 0.29) is 12.0 Å². The third-order valence-electron chi connectivity index (χ3n) is 4.35. The van der Waals surface area contributed by atoms with Gasteiger partial charge < -0.3 is 14.8 Å². The molecule has 4 rings (SSSR count). The molecule has 2 aromatic heterocycles. The Labute approximate surface area is 157 Å². The fourth-order valence-corrected chi connectivity index (χ4v) is 2.87. The summed E-state index contributed by atoms with van der Waals surface area (Å²) in [5, 5.41) is 2.86. The Morgan fingerprint density at radius 2 is 2.15 bits per heavy atom. The monoisotopic (exact) mass is 364 g/mol. The van der Waals surface area contributed by atoms with E-state index in [2.05, 4.69) is 15.3 Å². The van der Waals surface area contributed by atoms with Gasteiger partial charge in [0.2, 0.25) is 0 Å². The number of carbonyl (C=O) groups is 1. The molecule has 27 heavy (non-hydrogen) atoms. The highest BCUT2D eigenvalue weighted by molar-refractivity contribution is 6.04. The molecule has 7 heteroatoms. The first-order valence-electron chi connectivity index (χ1n) is 8.88. The zero-order valence-corrected chi connectivity index (χ0v) is 14.7. The number of anilines is 1. The smallest absolute Gasteiger partial charge is 0.257 e. The van der Waals surface area contributed by atoms with Crippen LogP contribution in [0.25, 0.3) is 5.82 Å². The van der Waals surface area contributed by atoms with Crippen molar-refractivity contribution in [2.24, 2.45) is 0 Å². The molecule has 1 saturated heterocycles. The van der Waals surface area contributed by atoms with Crippen LogP contribution in [0.3, 0.4) is 0 Å². The normalized spacial score (nSPS) is 16.2. The van der Waals surface area contributed by atoms with Crippen LogP contribution in [0.5, 0.6) is 5.75 Å². The maximum atomic E-state index is 12.4. The molecule has 7 nitrogen and oxygen atoms in total. The quantitative estimate of drug-likeness (QED) is 0.727. The maximum absolute atomic E-state index is 12.4. The first-order valence-corrected chi connectivity index (χ1v) is 8.88. The molecule has 3 aromatic rings. The summed E-state index contributed by atoms with van der Waals surface area (Å²) >= 11 is 0. The minimum atomic E-state index is -0.215. The van der Waals surface area contributed by atoms with Gasteiger partial charge in [0.25, 0.3) is 5.91 Å². The molecule has 0 spiro atoms. The Kier molecular flexibility index (Phi) is 5.11. The van der Waals surface area contributed by atoms with E-state index in [4.69, 9.17) is 9.47 Å². The molecule has 1 aromatic carbocycles. The van der Waals surface area contributed by atoms with Gasteiger partial charge in [-0.25, -0.2) is 9.97 Å². The van der Waals surface area contributed by atoms with Crippen molar-refractivity contribution in [3.63, 3.8) is 0 Å². The van der Waals surface area contributed by atoms with Crippen molar-refractivity contribution < 1.29 is 14.3 Å². The highest BCUT2D eigenvalue weighted by atomic mass is 16.5. The minimum Gasteiger partial charge on any atom is -0.491 e. The van der Waals surface area contributed by atoms with Gasteiger partial charge in [-0.1, -0.05) is 0 Å². The molecule has 1 unspecified atom stereocenters. The van der Waals surface area contributed by atoms with Gasteiger partial charge in [-0.15, -0.1) is 0 Å². The molecular weight excluding hydrogens is 344 g/mol. The average molecular weight is 364 g/mol. The first kappa shape index (κ1) is 17.2. The number of rotatable bonds is 6. The summed E-state index contributed by atoms with van der Waals surface area (Å²) in [5.74, 6) is 1.25. The van der Waals surface area contributed by atoms with Crippen molar-refractivity contribution in [1.29, 1.82) is 0 Å². The summed E-state index contributed by atoms with van der Waals surface area (Å²) in [5.41, 5.74) is 1.18. The van der Waals surface area contributed by atoms with Crippen LogP contribution in [0, 0.1) is 0 Å². The second-order valence-corrected chi connectivity index (χ2v) is 6.30. The van der Waals surface area contributed by atoms with E-state index >= 15 is 0 Å². The first-order chi connectivity index (χ1) is 13.3. The van der Waals surface area contributed by atoms with E-state index < -0.39 is 0 Å². The fourth-order valence-electron chi connectivity index (χ4n) is 2.87. The number of aromatic nitrogens is 3. The second-order valence-electron chi connectivity index (χ2n) is 6.30. The molecule has 138 valence electrons. The molecule has 1 N–H and O–H groups in total. The standard InChI is InChI=1S/C20H20N4O3/c25-20(15-3-8-19(22-12-15)24-10-9-21-14-24)23-16-4-6-17(7-5-16)27-13-18-2-1-11-26-18/h3-10,12,14,18H,1-2,11,13H2,(H,23,25). The lowest BCUT2D eigenvalue weighted by Crippen LogP contribution is -2.16.